The van der Waals surface area contributed by atoms with Crippen LogP contribution < -0.4 is 16.0 Å². The summed E-state index contributed by atoms with van der Waals surface area (Å²) in [5.74, 6) is 1.21. The van der Waals surface area contributed by atoms with Gasteiger partial charge in [-0.15, -0.1) is 0 Å². The molecule has 160 valence electrons. The minimum absolute atomic E-state index is 0.0738. The number of carbonyl (C=O) groups excluding carboxylic acids is 1. The largest absolute Gasteiger partial charge is 0.356 e. The third-order valence-electron chi connectivity index (χ3n) is 5.25. The van der Waals surface area contributed by atoms with Crippen molar-refractivity contribution < 1.29 is 4.79 Å². The molecule has 3 rings (SSSR count). The molecular weight excluding hydrogens is 376 g/mol. The highest BCUT2D eigenvalue weighted by molar-refractivity contribution is 5.90. The highest BCUT2D eigenvalue weighted by Crippen LogP contribution is 2.24. The van der Waals surface area contributed by atoms with Crippen LogP contribution in [0.1, 0.15) is 36.6 Å². The van der Waals surface area contributed by atoms with Crippen LogP contribution in [0.4, 0.5) is 5.82 Å². The summed E-state index contributed by atoms with van der Waals surface area (Å²) < 4.78 is 0. The maximum absolute atomic E-state index is 12.2. The molecule has 0 spiro atoms. The van der Waals surface area contributed by atoms with Gasteiger partial charge in [0.2, 0.25) is 5.91 Å². The highest BCUT2D eigenvalue weighted by atomic mass is 16.1. The van der Waals surface area contributed by atoms with E-state index in [-0.39, 0.29) is 5.91 Å². The van der Waals surface area contributed by atoms with E-state index in [0.29, 0.717) is 30.8 Å². The number of hydrogen-bond acceptors (Lipinski definition) is 4. The maximum atomic E-state index is 12.2. The van der Waals surface area contributed by atoms with Crippen molar-refractivity contribution in [3.8, 4) is 0 Å². The molecule has 1 aromatic carbocycles. The first kappa shape index (κ1) is 21.8. The lowest BCUT2D eigenvalue weighted by Crippen LogP contribution is -2.43. The Morgan fingerprint density at radius 3 is 2.57 bits per heavy atom. The number of carbonyl (C=O) groups is 1. The number of amides is 1. The molecule has 1 saturated heterocycles. The SMILES string of the molecule is CN=C(NCCC(=O)Nc1cccc(C)n1)NCC(c1ccccc1)N1CCCC1. The normalized spacial score (nSPS) is 15.6. The predicted octanol–water partition coefficient (Wildman–Crippen LogP) is 2.72. The van der Waals surface area contributed by atoms with Gasteiger partial charge in [-0.3, -0.25) is 14.7 Å². The standard InChI is InChI=1S/C23H32N6O/c1-18-9-8-12-21(27-18)28-22(30)13-14-25-23(24-2)26-17-20(29-15-6-7-16-29)19-10-4-3-5-11-19/h3-5,8-12,20H,6-7,13-17H2,1-2H3,(H2,24,25,26)(H,27,28,30). The second kappa shape index (κ2) is 11.3. The fourth-order valence-electron chi connectivity index (χ4n) is 3.71. The molecule has 0 radical (unpaired) electrons. The number of likely N-dealkylation sites (tertiary alicyclic amines) is 1. The molecule has 1 aliphatic heterocycles. The van der Waals surface area contributed by atoms with Crippen molar-refractivity contribution in [3.63, 3.8) is 0 Å². The summed E-state index contributed by atoms with van der Waals surface area (Å²) in [5, 5.41) is 9.49. The van der Waals surface area contributed by atoms with Crippen molar-refractivity contribution in [1.82, 2.24) is 20.5 Å². The monoisotopic (exact) mass is 408 g/mol. The topological polar surface area (TPSA) is 81.6 Å². The van der Waals surface area contributed by atoms with Crippen LogP contribution >= 0.6 is 0 Å². The molecule has 1 fully saturated rings. The first-order valence-corrected chi connectivity index (χ1v) is 10.6. The molecular formula is C23H32N6O. The molecule has 1 aromatic heterocycles. The van der Waals surface area contributed by atoms with Gasteiger partial charge in [0.15, 0.2) is 5.96 Å². The molecule has 2 aromatic rings. The van der Waals surface area contributed by atoms with Gasteiger partial charge < -0.3 is 16.0 Å². The van der Waals surface area contributed by atoms with Crippen molar-refractivity contribution in [2.75, 3.05) is 38.5 Å². The summed E-state index contributed by atoms with van der Waals surface area (Å²) in [6.45, 7) is 5.42. The minimum Gasteiger partial charge on any atom is -0.356 e. The molecule has 7 heteroatoms. The molecule has 3 N–H and O–H groups in total. The van der Waals surface area contributed by atoms with Gasteiger partial charge in [-0.2, -0.15) is 0 Å². The number of guanidine groups is 1. The number of nitrogens with zero attached hydrogens (tertiary/aromatic N) is 3. The Morgan fingerprint density at radius 2 is 1.87 bits per heavy atom. The summed E-state index contributed by atoms with van der Waals surface area (Å²) in [4.78, 5) is 23.3. The summed E-state index contributed by atoms with van der Waals surface area (Å²) in [6.07, 6.45) is 2.84. The molecule has 0 saturated carbocycles. The van der Waals surface area contributed by atoms with E-state index >= 15 is 0 Å². The first-order valence-electron chi connectivity index (χ1n) is 10.6. The summed E-state index contributed by atoms with van der Waals surface area (Å²) >= 11 is 0. The van der Waals surface area contributed by atoms with Crippen LogP contribution in [0.25, 0.3) is 0 Å². The number of anilines is 1. The van der Waals surface area contributed by atoms with Crippen LogP contribution in [0.5, 0.6) is 0 Å². The molecule has 1 amide bonds. The smallest absolute Gasteiger partial charge is 0.227 e. The Morgan fingerprint density at radius 1 is 1.10 bits per heavy atom. The van der Waals surface area contributed by atoms with E-state index < -0.39 is 0 Å². The van der Waals surface area contributed by atoms with E-state index in [1.165, 1.54) is 18.4 Å². The second-order valence-corrected chi connectivity index (χ2v) is 7.51. The fourth-order valence-corrected chi connectivity index (χ4v) is 3.71. The van der Waals surface area contributed by atoms with E-state index in [1.54, 1.807) is 13.1 Å². The number of nitrogens with one attached hydrogen (secondary N) is 3. The number of aromatic nitrogens is 1. The number of pyridine rings is 1. The quantitative estimate of drug-likeness (QED) is 0.462. The van der Waals surface area contributed by atoms with Crippen LogP contribution in [0, 0.1) is 6.92 Å². The van der Waals surface area contributed by atoms with Crippen LogP contribution in [-0.2, 0) is 4.79 Å². The van der Waals surface area contributed by atoms with Gasteiger partial charge in [0, 0.05) is 32.3 Å². The highest BCUT2D eigenvalue weighted by Gasteiger charge is 2.23. The summed E-state index contributed by atoms with van der Waals surface area (Å²) in [6, 6.07) is 16.5. The number of aryl methyl sites for hydroxylation is 1. The molecule has 0 bridgehead atoms. The molecule has 1 aliphatic rings. The average molecular weight is 409 g/mol. The molecule has 30 heavy (non-hydrogen) atoms. The number of benzene rings is 1. The Kier molecular flexibility index (Phi) is 8.20. The van der Waals surface area contributed by atoms with Crippen molar-refractivity contribution in [2.45, 2.75) is 32.2 Å². The van der Waals surface area contributed by atoms with E-state index in [2.05, 4.69) is 61.2 Å². The predicted molar refractivity (Wildman–Crippen MR) is 122 cm³/mol. The Labute approximate surface area is 179 Å². The zero-order valence-electron chi connectivity index (χ0n) is 17.9. The van der Waals surface area contributed by atoms with E-state index in [1.807, 2.05) is 19.1 Å². The number of aliphatic imine (C=N–C) groups is 1. The van der Waals surface area contributed by atoms with Crippen molar-refractivity contribution in [3.05, 3.63) is 59.8 Å². The number of hydrogen-bond donors (Lipinski definition) is 3. The third kappa shape index (κ3) is 6.56. The van der Waals surface area contributed by atoms with Crippen LogP contribution in [-0.4, -0.2) is 55.0 Å². The van der Waals surface area contributed by atoms with Crippen molar-refractivity contribution in [2.24, 2.45) is 4.99 Å². The second-order valence-electron chi connectivity index (χ2n) is 7.51. The zero-order chi connectivity index (χ0) is 21.2. The molecule has 2 heterocycles. The average Bonchev–Trinajstić information content (AvgIpc) is 3.28. The fraction of sp³-hybridized carbons (Fsp3) is 0.435. The van der Waals surface area contributed by atoms with Crippen molar-refractivity contribution in [1.29, 1.82) is 0 Å². The Hall–Kier alpha value is -2.93. The van der Waals surface area contributed by atoms with Crippen LogP contribution in [0.15, 0.2) is 53.5 Å². The Balaban J connectivity index is 1.46. The number of rotatable bonds is 8. The van der Waals surface area contributed by atoms with E-state index in [9.17, 15) is 4.79 Å². The van der Waals surface area contributed by atoms with Crippen LogP contribution in [0.3, 0.4) is 0 Å². The molecule has 7 nitrogen and oxygen atoms in total. The van der Waals surface area contributed by atoms with Gasteiger partial charge in [-0.25, -0.2) is 4.98 Å². The maximum Gasteiger partial charge on any atom is 0.227 e. The van der Waals surface area contributed by atoms with Gasteiger partial charge in [-0.05, 0) is 50.6 Å². The summed E-state index contributed by atoms with van der Waals surface area (Å²) in [5.41, 5.74) is 2.19. The van der Waals surface area contributed by atoms with Crippen LogP contribution in [0.2, 0.25) is 0 Å². The molecule has 0 aliphatic carbocycles. The summed E-state index contributed by atoms with van der Waals surface area (Å²) in [7, 11) is 1.75. The van der Waals surface area contributed by atoms with Gasteiger partial charge in [0.1, 0.15) is 5.82 Å². The van der Waals surface area contributed by atoms with Crippen molar-refractivity contribution >= 4 is 17.7 Å². The minimum atomic E-state index is -0.0738. The van der Waals surface area contributed by atoms with Gasteiger partial charge >= 0.3 is 0 Å². The lowest BCUT2D eigenvalue weighted by Gasteiger charge is -2.29. The zero-order valence-corrected chi connectivity index (χ0v) is 17.9. The Bertz CT molecular complexity index is 833. The van der Waals surface area contributed by atoms with Gasteiger partial charge in [-0.1, -0.05) is 36.4 Å². The van der Waals surface area contributed by atoms with Gasteiger partial charge in [0.25, 0.3) is 0 Å². The third-order valence-corrected chi connectivity index (χ3v) is 5.25. The lowest BCUT2D eigenvalue weighted by atomic mass is 10.1. The van der Waals surface area contributed by atoms with Gasteiger partial charge in [0.05, 0.1) is 6.04 Å². The molecule has 1 atom stereocenters. The van der Waals surface area contributed by atoms with E-state index in [0.717, 1.165) is 25.3 Å². The first-order chi connectivity index (χ1) is 14.7. The van der Waals surface area contributed by atoms with E-state index in [4.69, 9.17) is 0 Å². The molecule has 1 unspecified atom stereocenters. The lowest BCUT2D eigenvalue weighted by molar-refractivity contribution is -0.116.